The van der Waals surface area contributed by atoms with Crippen molar-refractivity contribution in [1.82, 2.24) is 0 Å². The second-order valence-electron chi connectivity index (χ2n) is 8.19. The van der Waals surface area contributed by atoms with Gasteiger partial charge in [0.2, 0.25) is 5.79 Å². The summed E-state index contributed by atoms with van der Waals surface area (Å²) in [6, 6.07) is 0. The molecule has 0 radical (unpaired) electrons. The highest BCUT2D eigenvalue weighted by Gasteiger charge is 2.62. The molecule has 3 nitrogen and oxygen atoms in total. The molecule has 0 aromatic heterocycles. The van der Waals surface area contributed by atoms with E-state index < -0.39 is 5.79 Å². The highest BCUT2D eigenvalue weighted by molar-refractivity contribution is 5.08. The first-order valence-electron chi connectivity index (χ1n) is 8.79. The maximum atomic E-state index is 6.34. The molecule has 6 fully saturated rings. The monoisotopic (exact) mass is 278 g/mol. The van der Waals surface area contributed by atoms with Crippen LogP contribution in [0.25, 0.3) is 0 Å². The molecule has 5 aliphatic carbocycles. The zero-order valence-corrected chi connectivity index (χ0v) is 12.3. The Morgan fingerprint density at radius 1 is 0.700 bits per heavy atom. The standard InChI is InChI=1S/C17H26O3/c1-2-4-16(5-3-1)18-11-17(20-19-16)14-7-12-6-13(9-14)10-15(17)8-12/h12-15H,1-11H2. The van der Waals surface area contributed by atoms with Crippen molar-refractivity contribution in [2.45, 2.75) is 75.6 Å². The zero-order valence-electron chi connectivity index (χ0n) is 12.3. The van der Waals surface area contributed by atoms with Gasteiger partial charge in [0.1, 0.15) is 5.60 Å². The summed E-state index contributed by atoms with van der Waals surface area (Å²) in [6.07, 6.45) is 12.7. The van der Waals surface area contributed by atoms with Gasteiger partial charge >= 0.3 is 0 Å². The van der Waals surface area contributed by atoms with Gasteiger partial charge < -0.3 is 4.74 Å². The van der Waals surface area contributed by atoms with E-state index in [1.54, 1.807) is 0 Å². The van der Waals surface area contributed by atoms with Crippen molar-refractivity contribution in [1.29, 1.82) is 0 Å². The maximum absolute atomic E-state index is 6.34. The molecule has 0 aromatic rings. The van der Waals surface area contributed by atoms with Gasteiger partial charge in [0.05, 0.1) is 6.61 Å². The van der Waals surface area contributed by atoms with Crippen molar-refractivity contribution < 1.29 is 14.5 Å². The van der Waals surface area contributed by atoms with Crippen molar-refractivity contribution in [2.75, 3.05) is 6.61 Å². The van der Waals surface area contributed by atoms with E-state index in [2.05, 4.69) is 0 Å². The molecule has 112 valence electrons. The van der Waals surface area contributed by atoms with E-state index in [9.17, 15) is 0 Å². The van der Waals surface area contributed by atoms with Crippen LogP contribution in [-0.4, -0.2) is 18.0 Å². The number of hydrogen-bond donors (Lipinski definition) is 0. The summed E-state index contributed by atoms with van der Waals surface area (Å²) < 4.78 is 6.34. The average Bonchev–Trinajstić information content (AvgIpc) is 2.47. The van der Waals surface area contributed by atoms with Gasteiger partial charge in [-0.2, -0.15) is 0 Å². The van der Waals surface area contributed by atoms with Crippen molar-refractivity contribution in [3.63, 3.8) is 0 Å². The molecule has 0 unspecified atom stereocenters. The first-order chi connectivity index (χ1) is 9.78. The second kappa shape index (κ2) is 4.21. The SMILES string of the molecule is C1CCC2(CC1)OCC1(OO2)C2CC3CC(C2)CC1C3. The molecule has 6 rings (SSSR count). The van der Waals surface area contributed by atoms with Crippen LogP contribution in [0.15, 0.2) is 0 Å². The molecule has 3 heteroatoms. The van der Waals surface area contributed by atoms with Gasteiger partial charge in [-0.3, -0.25) is 0 Å². The Kier molecular flexibility index (Phi) is 2.61. The third-order valence-electron chi connectivity index (χ3n) is 7.05. The molecule has 1 heterocycles. The van der Waals surface area contributed by atoms with Crippen molar-refractivity contribution in [3.05, 3.63) is 0 Å². The van der Waals surface area contributed by atoms with Crippen LogP contribution in [0.4, 0.5) is 0 Å². The van der Waals surface area contributed by atoms with Crippen LogP contribution in [0.2, 0.25) is 0 Å². The van der Waals surface area contributed by atoms with Gasteiger partial charge in [-0.25, -0.2) is 9.78 Å². The molecular weight excluding hydrogens is 252 g/mol. The molecule has 6 aliphatic rings. The zero-order chi connectivity index (χ0) is 13.2. The van der Waals surface area contributed by atoms with Crippen LogP contribution >= 0.6 is 0 Å². The minimum absolute atomic E-state index is 0.0872. The Morgan fingerprint density at radius 3 is 1.90 bits per heavy atom. The molecule has 4 bridgehead atoms. The minimum atomic E-state index is -0.391. The summed E-state index contributed by atoms with van der Waals surface area (Å²) in [5, 5.41) is 0. The summed E-state index contributed by atoms with van der Waals surface area (Å²) in [7, 11) is 0. The first-order valence-corrected chi connectivity index (χ1v) is 8.79. The van der Waals surface area contributed by atoms with Crippen LogP contribution in [0.1, 0.15) is 64.2 Å². The van der Waals surface area contributed by atoms with E-state index in [-0.39, 0.29) is 5.60 Å². The van der Waals surface area contributed by atoms with Gasteiger partial charge in [0.25, 0.3) is 0 Å². The van der Waals surface area contributed by atoms with Gasteiger partial charge in [-0.1, -0.05) is 6.42 Å². The smallest absolute Gasteiger partial charge is 0.201 e. The van der Waals surface area contributed by atoms with E-state index >= 15 is 0 Å². The number of rotatable bonds is 0. The fraction of sp³-hybridized carbons (Fsp3) is 1.00. The van der Waals surface area contributed by atoms with Gasteiger partial charge in [0.15, 0.2) is 0 Å². The van der Waals surface area contributed by atoms with Crippen molar-refractivity contribution >= 4 is 0 Å². The van der Waals surface area contributed by atoms with Gasteiger partial charge in [-0.05, 0) is 68.6 Å². The van der Waals surface area contributed by atoms with Crippen LogP contribution < -0.4 is 0 Å². The Hall–Kier alpha value is -0.120. The normalized spacial score (nSPS) is 52.8. The lowest BCUT2D eigenvalue weighted by atomic mass is 9.50. The predicted octanol–water partition coefficient (Wildman–Crippen LogP) is 3.82. The molecule has 2 spiro atoms. The summed E-state index contributed by atoms with van der Waals surface area (Å²) in [4.78, 5) is 12.2. The topological polar surface area (TPSA) is 27.7 Å². The highest BCUT2D eigenvalue weighted by atomic mass is 17.2. The lowest BCUT2D eigenvalue weighted by Gasteiger charge is -2.62. The van der Waals surface area contributed by atoms with E-state index in [1.165, 1.54) is 51.4 Å². The second-order valence-corrected chi connectivity index (χ2v) is 8.19. The quantitative estimate of drug-likeness (QED) is 0.630. The Balaban J connectivity index is 1.37. The van der Waals surface area contributed by atoms with E-state index in [0.29, 0.717) is 11.8 Å². The molecule has 0 aromatic carbocycles. The fourth-order valence-corrected chi connectivity index (χ4v) is 6.12. The largest absolute Gasteiger partial charge is 0.344 e. The highest BCUT2D eigenvalue weighted by Crippen LogP contribution is 2.61. The van der Waals surface area contributed by atoms with Crippen LogP contribution in [0.3, 0.4) is 0 Å². The molecule has 5 saturated carbocycles. The van der Waals surface area contributed by atoms with Crippen LogP contribution in [0.5, 0.6) is 0 Å². The summed E-state index contributed by atoms with van der Waals surface area (Å²) in [5.74, 6) is 2.94. The van der Waals surface area contributed by atoms with Crippen molar-refractivity contribution in [3.8, 4) is 0 Å². The molecule has 1 saturated heterocycles. The van der Waals surface area contributed by atoms with Gasteiger partial charge in [-0.15, -0.1) is 0 Å². The van der Waals surface area contributed by atoms with E-state index in [4.69, 9.17) is 14.5 Å². The number of hydrogen-bond acceptors (Lipinski definition) is 3. The molecule has 0 amide bonds. The van der Waals surface area contributed by atoms with Gasteiger partial charge in [0, 0.05) is 12.8 Å². The summed E-state index contributed by atoms with van der Waals surface area (Å²) in [5.41, 5.74) is -0.0872. The minimum Gasteiger partial charge on any atom is -0.344 e. The molecule has 20 heavy (non-hydrogen) atoms. The van der Waals surface area contributed by atoms with E-state index in [0.717, 1.165) is 31.3 Å². The lowest BCUT2D eigenvalue weighted by molar-refractivity contribution is -0.538. The molecule has 1 aliphatic heterocycles. The van der Waals surface area contributed by atoms with Crippen LogP contribution in [0, 0.1) is 23.7 Å². The predicted molar refractivity (Wildman–Crippen MR) is 73.7 cm³/mol. The molecule has 0 atom stereocenters. The third kappa shape index (κ3) is 1.63. The Bertz CT molecular complexity index is 359. The molecule has 0 N–H and O–H groups in total. The number of ether oxygens (including phenoxy) is 1. The Morgan fingerprint density at radius 2 is 1.35 bits per heavy atom. The molecular formula is C17H26O3. The lowest BCUT2D eigenvalue weighted by Crippen LogP contribution is -2.65. The summed E-state index contributed by atoms with van der Waals surface area (Å²) in [6.45, 7) is 0.793. The summed E-state index contributed by atoms with van der Waals surface area (Å²) >= 11 is 0. The van der Waals surface area contributed by atoms with Crippen molar-refractivity contribution in [2.24, 2.45) is 23.7 Å². The van der Waals surface area contributed by atoms with E-state index in [1.807, 2.05) is 0 Å². The Labute approximate surface area is 121 Å². The third-order valence-corrected chi connectivity index (χ3v) is 7.05. The van der Waals surface area contributed by atoms with Crippen LogP contribution in [-0.2, 0) is 14.5 Å². The average molecular weight is 278 g/mol. The fourth-order valence-electron chi connectivity index (χ4n) is 6.12. The first kappa shape index (κ1) is 12.4. The maximum Gasteiger partial charge on any atom is 0.201 e.